The number of anilines is 1. The smallest absolute Gasteiger partial charge is 0.264 e. The third-order valence-electron chi connectivity index (χ3n) is 5.73. The highest BCUT2D eigenvalue weighted by Crippen LogP contribution is 2.59. The van der Waals surface area contributed by atoms with Crippen LogP contribution in [0.25, 0.3) is 0 Å². The maximum Gasteiger partial charge on any atom is 0.264 e. The largest absolute Gasteiger partial charge is 0.497 e. The quantitative estimate of drug-likeness (QED) is 0.796. The number of carbonyl (C=O) groups excluding carboxylic acids is 1. The zero-order valence-electron chi connectivity index (χ0n) is 15.4. The minimum atomic E-state index is -2.61. The van der Waals surface area contributed by atoms with Crippen LogP contribution in [0.1, 0.15) is 18.9 Å². The number of ether oxygens (including phenoxy) is 2. The van der Waals surface area contributed by atoms with E-state index in [0.717, 1.165) is 11.3 Å². The second-order valence-corrected chi connectivity index (χ2v) is 11.6. The highest BCUT2D eigenvalue weighted by atomic mass is 28.4. The molecule has 1 aromatic carbocycles. The predicted molar refractivity (Wildman–Crippen MR) is 97.3 cm³/mol. The predicted octanol–water partition coefficient (Wildman–Crippen LogP) is 1.85. The van der Waals surface area contributed by atoms with Gasteiger partial charge in [-0.25, -0.2) is 0 Å². The van der Waals surface area contributed by atoms with Crippen LogP contribution in [0.15, 0.2) is 18.2 Å². The Morgan fingerprint density at radius 3 is 2.64 bits per heavy atom. The Bertz CT molecular complexity index is 689. The van der Waals surface area contributed by atoms with Gasteiger partial charge in [-0.05, 0) is 37.7 Å². The topological polar surface area (TPSA) is 79.2 Å². The molecule has 0 aliphatic carbocycles. The maximum absolute atomic E-state index is 13.3. The zero-order chi connectivity index (χ0) is 18.6. The van der Waals surface area contributed by atoms with Crippen molar-refractivity contribution in [3.05, 3.63) is 23.8 Å². The summed E-state index contributed by atoms with van der Waals surface area (Å²) >= 11 is 0. The Labute approximate surface area is 149 Å². The fourth-order valence-corrected chi connectivity index (χ4v) is 7.29. The first-order chi connectivity index (χ1) is 11.7. The van der Waals surface area contributed by atoms with Crippen molar-refractivity contribution in [3.8, 4) is 5.75 Å². The van der Waals surface area contributed by atoms with E-state index in [0.29, 0.717) is 12.2 Å². The van der Waals surface area contributed by atoms with Crippen LogP contribution in [0, 0.1) is 5.92 Å². The van der Waals surface area contributed by atoms with Gasteiger partial charge >= 0.3 is 0 Å². The van der Waals surface area contributed by atoms with Crippen LogP contribution in [-0.2, 0) is 15.1 Å². The van der Waals surface area contributed by atoms with Crippen molar-refractivity contribution >= 4 is 19.9 Å². The summed E-state index contributed by atoms with van der Waals surface area (Å²) < 4.78 is 11.7. The van der Waals surface area contributed by atoms with Gasteiger partial charge in [0.2, 0.25) is 0 Å². The van der Waals surface area contributed by atoms with Crippen LogP contribution in [0.3, 0.4) is 0 Å². The molecule has 0 unspecified atom stereocenters. The summed E-state index contributed by atoms with van der Waals surface area (Å²) in [5.41, 5.74) is 0.319. The van der Waals surface area contributed by atoms with Crippen LogP contribution in [0.4, 0.5) is 5.69 Å². The van der Waals surface area contributed by atoms with Gasteiger partial charge in [-0.1, -0.05) is 6.92 Å². The molecule has 2 aliphatic rings. The van der Waals surface area contributed by atoms with Gasteiger partial charge in [0.15, 0.2) is 13.9 Å². The minimum absolute atomic E-state index is 0.0382. The SMILES string of the molecule is COc1ccc2c(c1)[C@@]1(O[C@H](CCO)[C@@H]([Si](C)(C)O)[C@@H]1C)C(=O)N2C. The Hall–Kier alpha value is -1.41. The lowest BCUT2D eigenvalue weighted by molar-refractivity contribution is -0.146. The highest BCUT2D eigenvalue weighted by molar-refractivity contribution is 6.71. The van der Waals surface area contributed by atoms with Crippen molar-refractivity contribution in [3.63, 3.8) is 0 Å². The average Bonchev–Trinajstić information content (AvgIpc) is 2.96. The van der Waals surface area contributed by atoms with Crippen molar-refractivity contribution in [1.82, 2.24) is 0 Å². The van der Waals surface area contributed by atoms with Crippen molar-refractivity contribution in [2.75, 3.05) is 25.7 Å². The number of aliphatic hydroxyl groups excluding tert-OH is 1. The lowest BCUT2D eigenvalue weighted by atomic mass is 9.82. The fraction of sp³-hybridized carbons (Fsp3) is 0.611. The lowest BCUT2D eigenvalue weighted by Crippen LogP contribution is -2.45. The maximum atomic E-state index is 13.3. The molecule has 0 bridgehead atoms. The highest BCUT2D eigenvalue weighted by Gasteiger charge is 2.65. The van der Waals surface area contributed by atoms with E-state index in [2.05, 4.69) is 0 Å². The van der Waals surface area contributed by atoms with E-state index in [-0.39, 0.29) is 30.1 Å². The standard InChI is InChI=1S/C18H27NO5Si/c1-11-16(25(4,5)22)15(8-9-20)24-18(11)13-10-12(23-3)6-7-14(13)19(2)17(18)21/h6-7,10-11,15-16,20,22H,8-9H2,1-5H3/t11-,15+,16-,18+/m0/s1. The molecule has 25 heavy (non-hydrogen) atoms. The fourth-order valence-electron chi connectivity index (χ4n) is 4.69. The first kappa shape index (κ1) is 18.4. The summed E-state index contributed by atoms with van der Waals surface area (Å²) in [6, 6.07) is 5.55. The number of hydrogen-bond acceptors (Lipinski definition) is 5. The number of benzene rings is 1. The summed E-state index contributed by atoms with van der Waals surface area (Å²) in [4.78, 5) is 25.7. The molecule has 1 aromatic rings. The molecule has 0 aromatic heterocycles. The van der Waals surface area contributed by atoms with Gasteiger partial charge in [0.25, 0.3) is 5.91 Å². The van der Waals surface area contributed by atoms with E-state index in [1.54, 1.807) is 19.1 Å². The van der Waals surface area contributed by atoms with E-state index in [1.807, 2.05) is 38.2 Å². The Morgan fingerprint density at radius 2 is 2.08 bits per heavy atom. The third-order valence-corrected chi connectivity index (χ3v) is 8.24. The molecular formula is C18H27NO5Si. The normalized spacial score (nSPS) is 31.7. The molecule has 1 saturated heterocycles. The average molecular weight is 366 g/mol. The molecule has 3 rings (SSSR count). The molecule has 0 saturated carbocycles. The molecule has 2 N–H and O–H groups in total. The number of carbonyl (C=O) groups is 1. The lowest BCUT2D eigenvalue weighted by Gasteiger charge is -2.32. The van der Waals surface area contributed by atoms with Crippen molar-refractivity contribution in [1.29, 1.82) is 0 Å². The molecular weight excluding hydrogens is 338 g/mol. The molecule has 6 nitrogen and oxygen atoms in total. The van der Waals surface area contributed by atoms with E-state index < -0.39 is 13.9 Å². The summed E-state index contributed by atoms with van der Waals surface area (Å²) in [5, 5.41) is 9.46. The molecule has 1 fully saturated rings. The molecule has 138 valence electrons. The van der Waals surface area contributed by atoms with Crippen molar-refractivity contribution < 1.29 is 24.2 Å². The number of amides is 1. The molecule has 1 spiro atoms. The van der Waals surface area contributed by atoms with E-state index in [1.165, 1.54) is 0 Å². The minimum Gasteiger partial charge on any atom is -0.497 e. The number of fused-ring (bicyclic) bond motifs is 2. The van der Waals surface area contributed by atoms with Crippen molar-refractivity contribution in [2.24, 2.45) is 5.92 Å². The molecule has 1 amide bonds. The first-order valence-corrected chi connectivity index (χ1v) is 11.7. The second-order valence-electron chi connectivity index (χ2n) is 7.62. The van der Waals surface area contributed by atoms with E-state index in [4.69, 9.17) is 9.47 Å². The Balaban J connectivity index is 2.17. The van der Waals surface area contributed by atoms with E-state index in [9.17, 15) is 14.7 Å². The first-order valence-electron chi connectivity index (χ1n) is 8.66. The number of nitrogens with zero attached hydrogens (tertiary/aromatic N) is 1. The molecule has 2 aliphatic heterocycles. The summed E-state index contributed by atoms with van der Waals surface area (Å²) in [7, 11) is 0.723. The van der Waals surface area contributed by atoms with Crippen LogP contribution in [-0.4, -0.2) is 51.0 Å². The van der Waals surface area contributed by atoms with Gasteiger partial charge in [0, 0.05) is 30.7 Å². The van der Waals surface area contributed by atoms with Crippen LogP contribution in [0.2, 0.25) is 18.6 Å². The molecule has 2 heterocycles. The van der Waals surface area contributed by atoms with Gasteiger partial charge in [-0.3, -0.25) is 4.79 Å². The van der Waals surface area contributed by atoms with Gasteiger partial charge < -0.3 is 24.3 Å². The van der Waals surface area contributed by atoms with Gasteiger partial charge in [-0.2, -0.15) is 0 Å². The van der Waals surface area contributed by atoms with E-state index >= 15 is 0 Å². The number of aliphatic hydroxyl groups is 1. The summed E-state index contributed by atoms with van der Waals surface area (Å²) in [5.74, 6) is 0.352. The second kappa shape index (κ2) is 6.09. The number of methoxy groups -OCH3 is 1. The van der Waals surface area contributed by atoms with Crippen LogP contribution < -0.4 is 9.64 Å². The van der Waals surface area contributed by atoms with Gasteiger partial charge in [-0.15, -0.1) is 0 Å². The molecule has 4 atom stereocenters. The van der Waals surface area contributed by atoms with Crippen LogP contribution in [0.5, 0.6) is 5.75 Å². The van der Waals surface area contributed by atoms with Crippen LogP contribution >= 0.6 is 0 Å². The van der Waals surface area contributed by atoms with Gasteiger partial charge in [0.1, 0.15) is 5.75 Å². The summed E-state index contributed by atoms with van der Waals surface area (Å²) in [6.45, 7) is 5.68. The number of hydrogen-bond donors (Lipinski definition) is 2. The summed E-state index contributed by atoms with van der Waals surface area (Å²) in [6.07, 6.45) is 0.0606. The number of rotatable bonds is 4. The number of likely N-dealkylation sites (N-methyl/N-ethyl adjacent to an activating group) is 1. The van der Waals surface area contributed by atoms with Crippen molar-refractivity contribution in [2.45, 2.75) is 43.7 Å². The Kier molecular flexibility index (Phi) is 4.47. The monoisotopic (exact) mass is 365 g/mol. The molecule has 7 heteroatoms. The van der Waals surface area contributed by atoms with Gasteiger partial charge in [0.05, 0.1) is 18.9 Å². The third kappa shape index (κ3) is 2.52. The Morgan fingerprint density at radius 1 is 1.40 bits per heavy atom. The molecule has 0 radical (unpaired) electrons. The zero-order valence-corrected chi connectivity index (χ0v) is 16.4.